The molecule has 0 saturated carbocycles. The van der Waals surface area contributed by atoms with Gasteiger partial charge < -0.3 is 9.84 Å². The Kier molecular flexibility index (Phi) is 5.71. The molecule has 20 heavy (non-hydrogen) atoms. The molecule has 108 valence electrons. The fourth-order valence-electron chi connectivity index (χ4n) is 1.42. The Morgan fingerprint density at radius 1 is 1.55 bits per heavy atom. The molecule has 1 atom stereocenters. The SMILES string of the molecule is CCC(C)COc1ccc(C=CC(=O)O)cc1[N+](=O)[O-]. The van der Waals surface area contributed by atoms with Gasteiger partial charge in [0.05, 0.1) is 11.5 Å². The van der Waals surface area contributed by atoms with E-state index in [1.54, 1.807) is 6.07 Å². The Labute approximate surface area is 116 Å². The Morgan fingerprint density at radius 2 is 2.25 bits per heavy atom. The zero-order valence-electron chi connectivity index (χ0n) is 11.4. The van der Waals surface area contributed by atoms with Gasteiger partial charge in [0.15, 0.2) is 5.75 Å². The Bertz CT molecular complexity index is 524. The predicted octanol–water partition coefficient (Wildman–Crippen LogP) is 3.12. The highest BCUT2D eigenvalue weighted by Crippen LogP contribution is 2.29. The minimum atomic E-state index is -1.11. The van der Waals surface area contributed by atoms with Crippen LogP contribution in [0.15, 0.2) is 24.3 Å². The highest BCUT2D eigenvalue weighted by atomic mass is 16.6. The second kappa shape index (κ2) is 7.28. The van der Waals surface area contributed by atoms with Gasteiger partial charge in [0.25, 0.3) is 0 Å². The molecule has 0 spiro atoms. The molecule has 0 bridgehead atoms. The lowest BCUT2D eigenvalue weighted by molar-refractivity contribution is -0.385. The third kappa shape index (κ3) is 4.72. The first-order chi connectivity index (χ1) is 9.43. The molecular weight excluding hydrogens is 262 g/mol. The van der Waals surface area contributed by atoms with Gasteiger partial charge in [-0.1, -0.05) is 26.3 Å². The summed E-state index contributed by atoms with van der Waals surface area (Å²) < 4.78 is 5.45. The van der Waals surface area contributed by atoms with Crippen LogP contribution in [0.4, 0.5) is 5.69 Å². The van der Waals surface area contributed by atoms with Gasteiger partial charge in [0.1, 0.15) is 0 Å². The van der Waals surface area contributed by atoms with Gasteiger partial charge in [-0.05, 0) is 23.6 Å². The van der Waals surface area contributed by atoms with E-state index in [0.29, 0.717) is 18.1 Å². The van der Waals surface area contributed by atoms with Crippen molar-refractivity contribution < 1.29 is 19.6 Å². The number of aliphatic carboxylic acids is 1. The molecule has 0 aliphatic carbocycles. The molecule has 6 heteroatoms. The van der Waals surface area contributed by atoms with Gasteiger partial charge in [0.2, 0.25) is 0 Å². The molecule has 1 rings (SSSR count). The van der Waals surface area contributed by atoms with Crippen molar-refractivity contribution >= 4 is 17.7 Å². The van der Waals surface area contributed by atoms with E-state index in [2.05, 4.69) is 0 Å². The second-order valence-electron chi connectivity index (χ2n) is 4.48. The summed E-state index contributed by atoms with van der Waals surface area (Å²) >= 11 is 0. The van der Waals surface area contributed by atoms with Gasteiger partial charge in [-0.25, -0.2) is 4.79 Å². The van der Waals surface area contributed by atoms with E-state index >= 15 is 0 Å². The normalized spacial score (nSPS) is 12.3. The van der Waals surface area contributed by atoms with Gasteiger partial charge in [0, 0.05) is 12.1 Å². The van der Waals surface area contributed by atoms with Crippen LogP contribution >= 0.6 is 0 Å². The first-order valence-corrected chi connectivity index (χ1v) is 6.26. The van der Waals surface area contributed by atoms with Crippen molar-refractivity contribution in [3.8, 4) is 5.75 Å². The van der Waals surface area contributed by atoms with Crippen LogP contribution < -0.4 is 4.74 Å². The summed E-state index contributed by atoms with van der Waals surface area (Å²) in [6.07, 6.45) is 3.15. The number of benzene rings is 1. The van der Waals surface area contributed by atoms with Crippen LogP contribution in [0.3, 0.4) is 0 Å². The first-order valence-electron chi connectivity index (χ1n) is 6.26. The smallest absolute Gasteiger partial charge is 0.328 e. The molecule has 0 aliphatic heterocycles. The molecule has 0 saturated heterocycles. The second-order valence-corrected chi connectivity index (χ2v) is 4.48. The molecule has 1 aromatic carbocycles. The van der Waals surface area contributed by atoms with E-state index in [4.69, 9.17) is 9.84 Å². The maximum absolute atomic E-state index is 11.0. The highest BCUT2D eigenvalue weighted by Gasteiger charge is 2.16. The average molecular weight is 279 g/mol. The van der Waals surface area contributed by atoms with Crippen LogP contribution in [-0.2, 0) is 4.79 Å². The summed E-state index contributed by atoms with van der Waals surface area (Å²) in [6, 6.07) is 4.37. The molecule has 0 amide bonds. The summed E-state index contributed by atoms with van der Waals surface area (Å²) in [5.74, 6) is -0.603. The zero-order chi connectivity index (χ0) is 15.1. The summed E-state index contributed by atoms with van der Waals surface area (Å²) in [5.41, 5.74) is 0.274. The predicted molar refractivity (Wildman–Crippen MR) is 74.7 cm³/mol. The van der Waals surface area contributed by atoms with E-state index in [-0.39, 0.29) is 11.4 Å². The fourth-order valence-corrected chi connectivity index (χ4v) is 1.42. The molecule has 1 N–H and O–H groups in total. The average Bonchev–Trinajstić information content (AvgIpc) is 2.42. The number of carboxylic acids is 1. The number of carbonyl (C=O) groups is 1. The first kappa shape index (κ1) is 15.7. The van der Waals surface area contributed by atoms with Gasteiger partial charge >= 0.3 is 11.7 Å². The van der Waals surface area contributed by atoms with Crippen molar-refractivity contribution in [3.05, 3.63) is 40.0 Å². The summed E-state index contributed by atoms with van der Waals surface area (Å²) in [5, 5.41) is 19.5. The molecular formula is C14H17NO5. The molecule has 0 aliphatic rings. The van der Waals surface area contributed by atoms with Crippen molar-refractivity contribution in [1.82, 2.24) is 0 Å². The maximum Gasteiger partial charge on any atom is 0.328 e. The Balaban J connectivity index is 2.96. The number of hydrogen-bond acceptors (Lipinski definition) is 4. The van der Waals surface area contributed by atoms with Crippen LogP contribution in [0.2, 0.25) is 0 Å². The molecule has 1 unspecified atom stereocenters. The number of carboxylic acid groups (broad SMARTS) is 1. The third-order valence-electron chi connectivity index (χ3n) is 2.82. The lowest BCUT2D eigenvalue weighted by Gasteiger charge is -2.11. The van der Waals surface area contributed by atoms with Crippen LogP contribution in [0.5, 0.6) is 5.75 Å². The van der Waals surface area contributed by atoms with E-state index in [1.165, 1.54) is 18.2 Å². The van der Waals surface area contributed by atoms with Crippen molar-refractivity contribution in [3.63, 3.8) is 0 Å². The van der Waals surface area contributed by atoms with Crippen LogP contribution in [0.25, 0.3) is 6.08 Å². The maximum atomic E-state index is 11.0. The summed E-state index contributed by atoms with van der Waals surface area (Å²) in [6.45, 7) is 4.42. The minimum Gasteiger partial charge on any atom is -0.487 e. The van der Waals surface area contributed by atoms with Gasteiger partial charge in [-0.3, -0.25) is 10.1 Å². The minimum absolute atomic E-state index is 0.166. The lowest BCUT2D eigenvalue weighted by atomic mass is 10.1. The molecule has 0 aromatic heterocycles. The number of rotatable bonds is 7. The van der Waals surface area contributed by atoms with Crippen molar-refractivity contribution in [1.29, 1.82) is 0 Å². The topological polar surface area (TPSA) is 89.7 Å². The van der Waals surface area contributed by atoms with E-state index in [9.17, 15) is 14.9 Å². The van der Waals surface area contributed by atoms with E-state index in [1.807, 2.05) is 13.8 Å². The van der Waals surface area contributed by atoms with Crippen molar-refractivity contribution in [2.75, 3.05) is 6.61 Å². The van der Waals surface area contributed by atoms with Gasteiger partial charge in [-0.2, -0.15) is 0 Å². The number of nitro benzene ring substituents is 1. The summed E-state index contributed by atoms with van der Waals surface area (Å²) in [7, 11) is 0. The molecule has 0 radical (unpaired) electrons. The monoisotopic (exact) mass is 279 g/mol. The number of nitrogens with zero attached hydrogens (tertiary/aromatic N) is 1. The summed E-state index contributed by atoms with van der Waals surface area (Å²) in [4.78, 5) is 20.9. The lowest BCUT2D eigenvalue weighted by Crippen LogP contribution is -2.08. The number of hydrogen-bond donors (Lipinski definition) is 1. The van der Waals surface area contributed by atoms with Gasteiger partial charge in [-0.15, -0.1) is 0 Å². The largest absolute Gasteiger partial charge is 0.487 e. The van der Waals surface area contributed by atoms with E-state index in [0.717, 1.165) is 12.5 Å². The zero-order valence-corrected chi connectivity index (χ0v) is 11.4. The van der Waals surface area contributed by atoms with Crippen LogP contribution in [-0.4, -0.2) is 22.6 Å². The number of nitro groups is 1. The number of ether oxygens (including phenoxy) is 1. The fraction of sp³-hybridized carbons (Fsp3) is 0.357. The molecule has 0 fully saturated rings. The molecule has 6 nitrogen and oxygen atoms in total. The van der Waals surface area contributed by atoms with Crippen LogP contribution in [0, 0.1) is 16.0 Å². The van der Waals surface area contributed by atoms with Crippen LogP contribution in [0.1, 0.15) is 25.8 Å². The molecule has 0 heterocycles. The van der Waals surface area contributed by atoms with E-state index < -0.39 is 10.9 Å². The molecule has 1 aromatic rings. The third-order valence-corrected chi connectivity index (χ3v) is 2.82. The van der Waals surface area contributed by atoms with Crippen molar-refractivity contribution in [2.24, 2.45) is 5.92 Å². The standard InChI is InChI=1S/C14H17NO5/c1-3-10(2)9-20-13-6-4-11(5-7-14(16)17)8-12(13)15(18)19/h4-8,10H,3,9H2,1-2H3,(H,16,17). The quantitative estimate of drug-likeness (QED) is 0.470. The highest BCUT2D eigenvalue weighted by molar-refractivity contribution is 5.85. The van der Waals surface area contributed by atoms with Crippen molar-refractivity contribution in [2.45, 2.75) is 20.3 Å². The Hall–Kier alpha value is -2.37. The Morgan fingerprint density at radius 3 is 2.80 bits per heavy atom.